The SMILES string of the molecule is C[C@H](Sc1nc(N)c(C(=O)Nc2ccccc2)cc1C#N)C(=O)NCc1ccccc1Cl. The Labute approximate surface area is 195 Å². The van der Waals surface area contributed by atoms with Crippen molar-refractivity contribution in [1.29, 1.82) is 5.26 Å². The summed E-state index contributed by atoms with van der Waals surface area (Å²) in [5.41, 5.74) is 7.64. The van der Waals surface area contributed by atoms with Gasteiger partial charge in [-0.2, -0.15) is 5.26 Å². The predicted molar refractivity (Wildman–Crippen MR) is 126 cm³/mol. The topological polar surface area (TPSA) is 121 Å². The first kappa shape index (κ1) is 23.1. The number of benzene rings is 2. The van der Waals surface area contributed by atoms with Crippen molar-refractivity contribution in [3.05, 3.63) is 82.4 Å². The van der Waals surface area contributed by atoms with Gasteiger partial charge in [0.1, 0.15) is 16.9 Å². The molecule has 4 N–H and O–H groups in total. The Hall–Kier alpha value is -3.54. The summed E-state index contributed by atoms with van der Waals surface area (Å²) in [5, 5.41) is 15.4. The van der Waals surface area contributed by atoms with E-state index in [9.17, 15) is 14.9 Å². The van der Waals surface area contributed by atoms with Gasteiger partial charge >= 0.3 is 0 Å². The summed E-state index contributed by atoms with van der Waals surface area (Å²) in [5.74, 6) is -0.742. The highest BCUT2D eigenvalue weighted by molar-refractivity contribution is 8.00. The molecule has 0 fully saturated rings. The lowest BCUT2D eigenvalue weighted by Crippen LogP contribution is -2.30. The Morgan fingerprint density at radius 3 is 2.56 bits per heavy atom. The third-order valence-electron chi connectivity index (χ3n) is 4.48. The van der Waals surface area contributed by atoms with E-state index in [1.54, 1.807) is 37.3 Å². The van der Waals surface area contributed by atoms with E-state index in [0.717, 1.165) is 17.3 Å². The molecule has 0 saturated carbocycles. The smallest absolute Gasteiger partial charge is 0.259 e. The van der Waals surface area contributed by atoms with Crippen LogP contribution in [0.5, 0.6) is 0 Å². The average molecular weight is 466 g/mol. The summed E-state index contributed by atoms with van der Waals surface area (Å²) in [4.78, 5) is 29.3. The van der Waals surface area contributed by atoms with E-state index in [2.05, 4.69) is 15.6 Å². The highest BCUT2D eigenvalue weighted by Gasteiger charge is 2.21. The molecule has 2 aromatic carbocycles. The molecule has 0 bridgehead atoms. The van der Waals surface area contributed by atoms with Gasteiger partial charge < -0.3 is 16.4 Å². The summed E-state index contributed by atoms with van der Waals surface area (Å²) in [6, 6.07) is 19.5. The lowest BCUT2D eigenvalue weighted by atomic mass is 10.2. The van der Waals surface area contributed by atoms with Crippen molar-refractivity contribution >= 4 is 46.7 Å². The lowest BCUT2D eigenvalue weighted by molar-refractivity contribution is -0.120. The quantitative estimate of drug-likeness (QED) is 0.449. The van der Waals surface area contributed by atoms with Gasteiger partial charge in [-0.15, -0.1) is 0 Å². The minimum absolute atomic E-state index is 0.0244. The molecule has 3 aromatic rings. The van der Waals surface area contributed by atoms with Crippen molar-refractivity contribution in [3.63, 3.8) is 0 Å². The van der Waals surface area contributed by atoms with Crippen molar-refractivity contribution in [2.24, 2.45) is 0 Å². The van der Waals surface area contributed by atoms with Gasteiger partial charge in [-0.1, -0.05) is 59.8 Å². The number of nitrogens with zero attached hydrogens (tertiary/aromatic N) is 2. The fraction of sp³-hybridized carbons (Fsp3) is 0.130. The number of nitrogen functional groups attached to an aromatic ring is 1. The average Bonchev–Trinajstić information content (AvgIpc) is 2.79. The maximum Gasteiger partial charge on any atom is 0.259 e. The standard InChI is InChI=1S/C23H20ClN5O2S/c1-14(21(30)27-13-15-7-5-6-10-19(15)24)32-23-16(12-25)11-18(20(26)29-23)22(31)28-17-8-3-2-4-9-17/h2-11,14H,13H2,1H3,(H2,26,29)(H,27,30)(H,28,31)/t14-/m0/s1. The van der Waals surface area contributed by atoms with Crippen molar-refractivity contribution in [1.82, 2.24) is 10.3 Å². The number of hydrogen-bond acceptors (Lipinski definition) is 6. The zero-order chi connectivity index (χ0) is 23.1. The van der Waals surface area contributed by atoms with Gasteiger partial charge in [-0.05, 0) is 36.8 Å². The predicted octanol–water partition coefficient (Wildman–Crippen LogP) is 4.24. The van der Waals surface area contributed by atoms with Gasteiger partial charge in [-0.25, -0.2) is 4.98 Å². The van der Waals surface area contributed by atoms with Crippen LogP contribution in [-0.4, -0.2) is 22.0 Å². The van der Waals surface area contributed by atoms with Crippen LogP contribution in [0, 0.1) is 11.3 Å². The number of nitrogens with one attached hydrogen (secondary N) is 2. The zero-order valence-corrected chi connectivity index (χ0v) is 18.7. The molecule has 1 atom stereocenters. The molecule has 1 aromatic heterocycles. The van der Waals surface area contributed by atoms with Gasteiger partial charge in [-0.3, -0.25) is 9.59 Å². The first-order valence-corrected chi connectivity index (χ1v) is 10.9. The molecule has 162 valence electrons. The van der Waals surface area contributed by atoms with Gasteiger partial charge in [0, 0.05) is 17.3 Å². The van der Waals surface area contributed by atoms with Gasteiger partial charge in [0.15, 0.2) is 0 Å². The third-order valence-corrected chi connectivity index (χ3v) is 5.95. The number of nitrogens with two attached hydrogens (primary N) is 1. The number of thioether (sulfide) groups is 1. The second-order valence-corrected chi connectivity index (χ2v) is 8.51. The summed E-state index contributed by atoms with van der Waals surface area (Å²) in [6.07, 6.45) is 0. The van der Waals surface area contributed by atoms with Crippen molar-refractivity contribution < 1.29 is 9.59 Å². The second-order valence-electron chi connectivity index (χ2n) is 6.78. The Bertz CT molecular complexity index is 1180. The number of amides is 2. The number of nitriles is 1. The molecule has 0 aliphatic carbocycles. The van der Waals surface area contributed by atoms with Crippen LogP contribution in [-0.2, 0) is 11.3 Å². The highest BCUT2D eigenvalue weighted by Crippen LogP contribution is 2.28. The molecule has 1 heterocycles. The minimum Gasteiger partial charge on any atom is -0.383 e. The summed E-state index contributed by atoms with van der Waals surface area (Å²) >= 11 is 7.21. The van der Waals surface area contributed by atoms with Crippen LogP contribution in [0.2, 0.25) is 5.02 Å². The van der Waals surface area contributed by atoms with Gasteiger partial charge in [0.25, 0.3) is 5.91 Å². The summed E-state index contributed by atoms with van der Waals surface area (Å²) in [7, 11) is 0. The molecule has 0 aliphatic heterocycles. The zero-order valence-electron chi connectivity index (χ0n) is 17.1. The number of halogens is 1. The molecule has 0 radical (unpaired) electrons. The normalized spacial score (nSPS) is 11.3. The monoisotopic (exact) mass is 465 g/mol. The fourth-order valence-electron chi connectivity index (χ4n) is 2.77. The van der Waals surface area contributed by atoms with E-state index >= 15 is 0 Å². The molecule has 0 saturated heterocycles. The van der Waals surface area contributed by atoms with E-state index in [0.29, 0.717) is 10.7 Å². The van der Waals surface area contributed by atoms with Crippen LogP contribution in [0.3, 0.4) is 0 Å². The molecule has 0 unspecified atom stereocenters. The van der Waals surface area contributed by atoms with Crippen LogP contribution in [0.1, 0.15) is 28.4 Å². The second kappa shape index (κ2) is 10.7. The number of pyridine rings is 1. The molecule has 32 heavy (non-hydrogen) atoms. The largest absolute Gasteiger partial charge is 0.383 e. The van der Waals surface area contributed by atoms with E-state index in [1.807, 2.05) is 30.3 Å². The van der Waals surface area contributed by atoms with Crippen LogP contribution < -0.4 is 16.4 Å². The Morgan fingerprint density at radius 2 is 1.88 bits per heavy atom. The molecule has 2 amide bonds. The molecular formula is C23H20ClN5O2S. The molecule has 0 spiro atoms. The fourth-order valence-corrected chi connectivity index (χ4v) is 3.88. The number of anilines is 2. The Balaban J connectivity index is 1.70. The number of aromatic nitrogens is 1. The molecule has 7 nitrogen and oxygen atoms in total. The highest BCUT2D eigenvalue weighted by atomic mass is 35.5. The number of carbonyl (C=O) groups excluding carboxylic acids is 2. The number of para-hydroxylation sites is 1. The van der Waals surface area contributed by atoms with E-state index in [4.69, 9.17) is 17.3 Å². The molecule has 9 heteroatoms. The van der Waals surface area contributed by atoms with Crippen LogP contribution >= 0.6 is 23.4 Å². The van der Waals surface area contributed by atoms with Crippen molar-refractivity contribution in [2.45, 2.75) is 23.7 Å². The number of hydrogen-bond donors (Lipinski definition) is 3. The van der Waals surface area contributed by atoms with Crippen molar-refractivity contribution in [2.75, 3.05) is 11.1 Å². The van der Waals surface area contributed by atoms with E-state index in [-0.39, 0.29) is 34.4 Å². The van der Waals surface area contributed by atoms with Crippen LogP contribution in [0.25, 0.3) is 0 Å². The molecule has 0 aliphatic rings. The van der Waals surface area contributed by atoms with Gasteiger partial charge in [0.05, 0.1) is 16.4 Å². The molecular weight excluding hydrogens is 446 g/mol. The van der Waals surface area contributed by atoms with Crippen LogP contribution in [0.4, 0.5) is 11.5 Å². The Kier molecular flexibility index (Phi) is 7.71. The van der Waals surface area contributed by atoms with E-state index in [1.165, 1.54) is 6.07 Å². The molecule has 3 rings (SSSR count). The van der Waals surface area contributed by atoms with Crippen molar-refractivity contribution in [3.8, 4) is 6.07 Å². The number of rotatable bonds is 7. The van der Waals surface area contributed by atoms with Gasteiger partial charge in [0.2, 0.25) is 5.91 Å². The maximum atomic E-state index is 12.6. The summed E-state index contributed by atoms with van der Waals surface area (Å²) in [6.45, 7) is 1.98. The maximum absolute atomic E-state index is 12.6. The van der Waals surface area contributed by atoms with Crippen LogP contribution in [0.15, 0.2) is 65.7 Å². The number of carbonyl (C=O) groups is 2. The first-order chi connectivity index (χ1) is 15.4. The van der Waals surface area contributed by atoms with E-state index < -0.39 is 11.2 Å². The Morgan fingerprint density at radius 1 is 1.19 bits per heavy atom. The minimum atomic E-state index is -0.555. The summed E-state index contributed by atoms with van der Waals surface area (Å²) < 4.78 is 0. The lowest BCUT2D eigenvalue weighted by Gasteiger charge is -2.14. The first-order valence-electron chi connectivity index (χ1n) is 9.64. The third kappa shape index (κ3) is 5.78.